The zero-order valence-electron chi connectivity index (χ0n) is 12.4. The highest BCUT2D eigenvalue weighted by Gasteiger charge is 2.30. The van der Waals surface area contributed by atoms with Crippen LogP contribution in [0, 0.1) is 5.92 Å². The summed E-state index contributed by atoms with van der Waals surface area (Å²) in [7, 11) is 4.20. The molecule has 0 unspecified atom stereocenters. The van der Waals surface area contributed by atoms with Gasteiger partial charge in [0.15, 0.2) is 0 Å². The number of thioether (sulfide) groups is 1. The number of nitrogens with zero attached hydrogens (tertiary/aromatic N) is 2. The average molecular weight is 285 g/mol. The molecule has 1 saturated heterocycles. The van der Waals surface area contributed by atoms with Gasteiger partial charge in [0, 0.05) is 30.9 Å². The molecule has 19 heavy (non-hydrogen) atoms. The quantitative estimate of drug-likeness (QED) is 0.856. The second-order valence-electron chi connectivity index (χ2n) is 6.18. The van der Waals surface area contributed by atoms with Crippen LogP contribution in [-0.4, -0.2) is 67.1 Å². The lowest BCUT2D eigenvalue weighted by atomic mass is 10.1. The Bertz CT molecular complexity index is 311. The van der Waals surface area contributed by atoms with E-state index in [9.17, 15) is 4.79 Å². The zero-order chi connectivity index (χ0) is 13.8. The molecule has 1 aliphatic carbocycles. The fourth-order valence-electron chi connectivity index (χ4n) is 3.23. The predicted molar refractivity (Wildman–Crippen MR) is 81.7 cm³/mol. The van der Waals surface area contributed by atoms with Crippen LogP contribution in [0.15, 0.2) is 0 Å². The van der Waals surface area contributed by atoms with Gasteiger partial charge in [-0.05, 0) is 52.0 Å². The van der Waals surface area contributed by atoms with Crippen molar-refractivity contribution in [2.24, 2.45) is 5.92 Å². The van der Waals surface area contributed by atoms with E-state index in [1.54, 1.807) is 0 Å². The van der Waals surface area contributed by atoms with Crippen molar-refractivity contribution in [1.82, 2.24) is 15.1 Å². The van der Waals surface area contributed by atoms with E-state index in [4.69, 9.17) is 0 Å². The van der Waals surface area contributed by atoms with E-state index in [0.717, 1.165) is 44.1 Å². The van der Waals surface area contributed by atoms with Crippen LogP contribution in [0.25, 0.3) is 0 Å². The van der Waals surface area contributed by atoms with Crippen molar-refractivity contribution in [2.45, 2.75) is 37.0 Å². The fraction of sp³-hybridized carbons (Fsp3) is 0.929. The van der Waals surface area contributed by atoms with Crippen LogP contribution in [0.4, 0.5) is 4.79 Å². The Hall–Kier alpha value is -0.420. The molecule has 1 heterocycles. The van der Waals surface area contributed by atoms with Crippen molar-refractivity contribution in [3.63, 3.8) is 0 Å². The zero-order valence-corrected chi connectivity index (χ0v) is 13.2. The molecule has 0 spiro atoms. The van der Waals surface area contributed by atoms with Gasteiger partial charge in [0.1, 0.15) is 0 Å². The molecule has 2 aliphatic rings. The third kappa shape index (κ3) is 4.28. The molecule has 0 aromatic carbocycles. The lowest BCUT2D eigenvalue weighted by molar-refractivity contribution is 0.201. The number of nitrogens with one attached hydrogen (secondary N) is 1. The van der Waals surface area contributed by atoms with Gasteiger partial charge < -0.3 is 15.1 Å². The summed E-state index contributed by atoms with van der Waals surface area (Å²) in [6.07, 6.45) is 6.84. The summed E-state index contributed by atoms with van der Waals surface area (Å²) in [5.74, 6) is 0.642. The van der Waals surface area contributed by atoms with Gasteiger partial charge in [0.2, 0.25) is 0 Å². The van der Waals surface area contributed by atoms with Gasteiger partial charge in [-0.15, -0.1) is 0 Å². The molecule has 1 N–H and O–H groups in total. The van der Waals surface area contributed by atoms with E-state index < -0.39 is 0 Å². The average Bonchev–Trinajstić information content (AvgIpc) is 2.97. The van der Waals surface area contributed by atoms with Gasteiger partial charge in [-0.3, -0.25) is 0 Å². The summed E-state index contributed by atoms with van der Waals surface area (Å²) < 4.78 is 0. The van der Waals surface area contributed by atoms with Crippen LogP contribution in [0.2, 0.25) is 0 Å². The molecule has 0 aromatic rings. The van der Waals surface area contributed by atoms with Crippen LogP contribution in [0.1, 0.15) is 25.7 Å². The van der Waals surface area contributed by atoms with Gasteiger partial charge in [-0.1, -0.05) is 0 Å². The third-order valence-electron chi connectivity index (χ3n) is 4.24. The normalized spacial score (nSPS) is 31.2. The maximum absolute atomic E-state index is 12.2. The Morgan fingerprint density at radius 3 is 2.79 bits per heavy atom. The number of likely N-dealkylation sites (tertiary alicyclic amines) is 1. The Morgan fingerprint density at radius 2 is 2.16 bits per heavy atom. The minimum absolute atomic E-state index is 0.160. The molecule has 3 atom stereocenters. The molecule has 0 aromatic heterocycles. The summed E-state index contributed by atoms with van der Waals surface area (Å²) in [6, 6.07) is 0.561. The smallest absolute Gasteiger partial charge is 0.317 e. The lowest BCUT2D eigenvalue weighted by Gasteiger charge is -2.21. The second kappa shape index (κ2) is 6.84. The summed E-state index contributed by atoms with van der Waals surface area (Å²) in [5, 5.41) is 3.96. The van der Waals surface area contributed by atoms with E-state index in [2.05, 4.69) is 30.6 Å². The summed E-state index contributed by atoms with van der Waals surface area (Å²) in [5.41, 5.74) is 0. The molecular formula is C14H27N3OS. The monoisotopic (exact) mass is 285 g/mol. The largest absolute Gasteiger partial charge is 0.335 e. The van der Waals surface area contributed by atoms with Crippen molar-refractivity contribution in [1.29, 1.82) is 0 Å². The van der Waals surface area contributed by atoms with E-state index in [0.29, 0.717) is 12.0 Å². The number of hydrogen-bond donors (Lipinski definition) is 1. The first-order valence-corrected chi connectivity index (χ1v) is 8.60. The molecule has 1 saturated carbocycles. The van der Waals surface area contributed by atoms with E-state index in [-0.39, 0.29) is 6.03 Å². The molecule has 0 radical (unpaired) electrons. The van der Waals surface area contributed by atoms with E-state index in [1.807, 2.05) is 16.7 Å². The van der Waals surface area contributed by atoms with Gasteiger partial charge in [-0.25, -0.2) is 4.79 Å². The highest BCUT2D eigenvalue weighted by Crippen LogP contribution is 2.28. The number of hydrogen-bond acceptors (Lipinski definition) is 3. The SMILES string of the molecule is CS[C@@H]1CC[C@H](NC(=O)N2CC[C@@H](CN(C)C)C2)C1. The summed E-state index contributed by atoms with van der Waals surface area (Å²) >= 11 is 1.93. The molecule has 5 heteroatoms. The predicted octanol–water partition coefficient (Wildman–Crippen LogP) is 1.86. The Kier molecular flexibility index (Phi) is 5.39. The Morgan fingerprint density at radius 1 is 1.37 bits per heavy atom. The highest BCUT2D eigenvalue weighted by molar-refractivity contribution is 7.99. The van der Waals surface area contributed by atoms with Gasteiger partial charge >= 0.3 is 6.03 Å². The highest BCUT2D eigenvalue weighted by atomic mass is 32.2. The van der Waals surface area contributed by atoms with Crippen LogP contribution < -0.4 is 5.32 Å². The summed E-state index contributed by atoms with van der Waals surface area (Å²) in [6.45, 7) is 2.92. The van der Waals surface area contributed by atoms with Gasteiger partial charge in [0.25, 0.3) is 0 Å². The van der Waals surface area contributed by atoms with Crippen LogP contribution in [-0.2, 0) is 0 Å². The second-order valence-corrected chi connectivity index (χ2v) is 7.32. The molecule has 2 amide bonds. The summed E-state index contributed by atoms with van der Waals surface area (Å²) in [4.78, 5) is 16.4. The maximum Gasteiger partial charge on any atom is 0.317 e. The number of carbonyl (C=O) groups excluding carboxylic acids is 1. The van der Waals surface area contributed by atoms with Crippen LogP contribution >= 0.6 is 11.8 Å². The van der Waals surface area contributed by atoms with Gasteiger partial charge in [0.05, 0.1) is 0 Å². The minimum atomic E-state index is 0.160. The minimum Gasteiger partial charge on any atom is -0.335 e. The van der Waals surface area contributed by atoms with Crippen molar-refractivity contribution in [3.8, 4) is 0 Å². The lowest BCUT2D eigenvalue weighted by Crippen LogP contribution is -2.43. The van der Waals surface area contributed by atoms with E-state index in [1.165, 1.54) is 6.42 Å². The molecule has 0 bridgehead atoms. The molecular weight excluding hydrogens is 258 g/mol. The number of urea groups is 1. The topological polar surface area (TPSA) is 35.6 Å². The number of amides is 2. The van der Waals surface area contributed by atoms with Crippen LogP contribution in [0.3, 0.4) is 0 Å². The Labute approximate surface area is 121 Å². The molecule has 1 aliphatic heterocycles. The van der Waals surface area contributed by atoms with Crippen molar-refractivity contribution < 1.29 is 4.79 Å². The van der Waals surface area contributed by atoms with Crippen molar-refractivity contribution in [3.05, 3.63) is 0 Å². The van der Waals surface area contributed by atoms with Crippen LogP contribution in [0.5, 0.6) is 0 Å². The first-order valence-electron chi connectivity index (χ1n) is 7.31. The third-order valence-corrected chi connectivity index (χ3v) is 5.34. The van der Waals surface area contributed by atoms with E-state index >= 15 is 0 Å². The van der Waals surface area contributed by atoms with Gasteiger partial charge in [-0.2, -0.15) is 11.8 Å². The number of rotatable bonds is 4. The number of carbonyl (C=O) groups is 1. The standard InChI is InChI=1S/C14H27N3OS/c1-16(2)9-11-6-7-17(10-11)14(18)15-12-4-5-13(8-12)19-3/h11-13H,4-10H2,1-3H3,(H,15,18)/t11-,12-,13+/m0/s1. The Balaban J connectivity index is 1.72. The first-order chi connectivity index (χ1) is 9.08. The molecule has 110 valence electrons. The molecule has 2 fully saturated rings. The first kappa shape index (κ1) is 15.0. The van der Waals surface area contributed by atoms with Crippen molar-refractivity contribution >= 4 is 17.8 Å². The fourth-order valence-corrected chi connectivity index (χ4v) is 4.03. The maximum atomic E-state index is 12.2. The molecule has 2 rings (SSSR count). The van der Waals surface area contributed by atoms with Crippen molar-refractivity contribution in [2.75, 3.05) is 40.0 Å². The molecule has 4 nitrogen and oxygen atoms in total.